The van der Waals surface area contributed by atoms with Crippen LogP contribution >= 0.6 is 0 Å². The summed E-state index contributed by atoms with van der Waals surface area (Å²) in [5, 5.41) is 23.8. The molecule has 0 saturated heterocycles. The number of rotatable bonds is 49. The highest BCUT2D eigenvalue weighted by molar-refractivity contribution is 5.77. The summed E-state index contributed by atoms with van der Waals surface area (Å²) in [6.45, 7) is 6.44. The Morgan fingerprint density at radius 2 is 0.812 bits per heavy atom. The summed E-state index contributed by atoms with van der Waals surface area (Å²) in [4.78, 5) is 26.2. The van der Waals surface area contributed by atoms with Crippen LogP contribution in [0, 0.1) is 0 Å². The monoisotopic (exact) mass is 896 g/mol. The molecule has 0 aliphatic rings. The second kappa shape index (κ2) is 51.5. The van der Waals surface area contributed by atoms with Gasteiger partial charge in [-0.1, -0.05) is 242 Å². The van der Waals surface area contributed by atoms with Crippen LogP contribution in [-0.4, -0.2) is 46.9 Å². The summed E-state index contributed by atoms with van der Waals surface area (Å²) in [5.41, 5.74) is 0. The number of hydrogen-bond acceptors (Lipinski definition) is 5. The van der Waals surface area contributed by atoms with Gasteiger partial charge in [0.1, 0.15) is 6.10 Å². The average Bonchev–Trinajstić information content (AvgIpc) is 3.29. The van der Waals surface area contributed by atoms with Crippen LogP contribution in [0.15, 0.2) is 60.8 Å². The van der Waals surface area contributed by atoms with Crippen molar-refractivity contribution in [2.45, 2.75) is 289 Å². The fourth-order valence-electron chi connectivity index (χ4n) is 8.20. The standard InChI is InChI=1S/C58H105NO5/c1-4-7-10-13-16-19-22-25-27-28-29-31-33-36-39-42-45-48-51-58(63)64-54(49-46-43-40-37-34-32-30-26-23-20-17-14-11-8-5-2)52-57(62)59-55(53-60)56(61)50-47-44-41-38-35-24-21-18-15-12-9-6-3/h16,19,22,25-31,54-56,60-61H,4-15,17-18,20-21,23-24,32-53H2,1-3H3,(H,59,62)/b19-16+,25-22+,28-27+,30-26+,31-29+. The quantitative estimate of drug-likeness (QED) is 0.0245. The first kappa shape index (κ1) is 61.6. The minimum Gasteiger partial charge on any atom is -0.462 e. The fourth-order valence-corrected chi connectivity index (χ4v) is 8.20. The minimum absolute atomic E-state index is 0.0616. The van der Waals surface area contributed by atoms with Gasteiger partial charge in [-0.15, -0.1) is 0 Å². The molecule has 0 radical (unpaired) electrons. The lowest BCUT2D eigenvalue weighted by atomic mass is 10.0. The maximum absolute atomic E-state index is 13.2. The van der Waals surface area contributed by atoms with Crippen LogP contribution in [0.4, 0.5) is 0 Å². The van der Waals surface area contributed by atoms with Gasteiger partial charge in [-0.2, -0.15) is 0 Å². The molecule has 0 rings (SSSR count). The van der Waals surface area contributed by atoms with E-state index in [0.717, 1.165) is 89.9 Å². The number of esters is 1. The number of hydrogen-bond donors (Lipinski definition) is 3. The SMILES string of the molecule is CCCCC/C=C/C=C/C=C/C=C/CCCCCCCC(=O)OC(CCCCCCC/C=C/CCCCCCCC)CC(=O)NC(CO)C(O)CCCCCCCCCCCCCC. The van der Waals surface area contributed by atoms with Gasteiger partial charge in [0.15, 0.2) is 0 Å². The van der Waals surface area contributed by atoms with Crippen LogP contribution in [0.1, 0.15) is 271 Å². The molecule has 64 heavy (non-hydrogen) atoms. The van der Waals surface area contributed by atoms with Crippen molar-refractivity contribution < 1.29 is 24.5 Å². The molecule has 0 aromatic heterocycles. The van der Waals surface area contributed by atoms with Crippen LogP contribution in [0.3, 0.4) is 0 Å². The minimum atomic E-state index is -0.795. The number of nitrogens with one attached hydrogen (secondary N) is 1. The van der Waals surface area contributed by atoms with Gasteiger partial charge < -0.3 is 20.3 Å². The number of allylic oxidation sites excluding steroid dienone is 10. The van der Waals surface area contributed by atoms with E-state index in [9.17, 15) is 19.8 Å². The number of carbonyl (C=O) groups excluding carboxylic acids is 2. The van der Waals surface area contributed by atoms with Crippen molar-refractivity contribution in [1.29, 1.82) is 0 Å². The van der Waals surface area contributed by atoms with Gasteiger partial charge in [0.25, 0.3) is 0 Å². The van der Waals surface area contributed by atoms with Gasteiger partial charge in [-0.3, -0.25) is 9.59 Å². The van der Waals surface area contributed by atoms with Crippen molar-refractivity contribution in [1.82, 2.24) is 5.32 Å². The third kappa shape index (κ3) is 46.1. The van der Waals surface area contributed by atoms with Gasteiger partial charge in [0, 0.05) is 6.42 Å². The molecular weight excluding hydrogens is 791 g/mol. The summed E-state index contributed by atoms with van der Waals surface area (Å²) >= 11 is 0. The zero-order valence-corrected chi connectivity index (χ0v) is 42.4. The van der Waals surface area contributed by atoms with E-state index in [1.165, 1.54) is 135 Å². The molecule has 6 nitrogen and oxygen atoms in total. The normalized spacial score (nSPS) is 13.6. The number of unbranched alkanes of at least 4 members (excludes halogenated alkanes) is 30. The third-order valence-corrected chi connectivity index (χ3v) is 12.4. The largest absolute Gasteiger partial charge is 0.462 e. The highest BCUT2D eigenvalue weighted by Crippen LogP contribution is 2.18. The molecule has 0 heterocycles. The van der Waals surface area contributed by atoms with Crippen molar-refractivity contribution in [3.8, 4) is 0 Å². The molecule has 3 unspecified atom stereocenters. The Hall–Kier alpha value is -2.44. The molecule has 0 spiro atoms. The van der Waals surface area contributed by atoms with Crippen molar-refractivity contribution >= 4 is 11.9 Å². The first-order chi connectivity index (χ1) is 31.5. The zero-order valence-electron chi connectivity index (χ0n) is 42.4. The Kier molecular flexibility index (Phi) is 49.6. The molecule has 1 amide bonds. The van der Waals surface area contributed by atoms with Crippen molar-refractivity contribution in [3.05, 3.63) is 60.8 Å². The highest BCUT2D eigenvalue weighted by Gasteiger charge is 2.24. The predicted octanol–water partition coefficient (Wildman–Crippen LogP) is 16.8. The van der Waals surface area contributed by atoms with Crippen LogP contribution in [0.5, 0.6) is 0 Å². The molecule has 0 aliphatic heterocycles. The van der Waals surface area contributed by atoms with Crippen LogP contribution in [0.25, 0.3) is 0 Å². The topological polar surface area (TPSA) is 95.9 Å². The van der Waals surface area contributed by atoms with Crippen molar-refractivity contribution in [3.63, 3.8) is 0 Å². The van der Waals surface area contributed by atoms with Gasteiger partial charge in [0.2, 0.25) is 5.91 Å². The number of carbonyl (C=O) groups is 2. The first-order valence-electron chi connectivity index (χ1n) is 27.6. The summed E-state index contributed by atoms with van der Waals surface area (Å²) in [5.74, 6) is -0.503. The summed E-state index contributed by atoms with van der Waals surface area (Å²) < 4.78 is 5.94. The second-order valence-corrected chi connectivity index (χ2v) is 18.7. The molecule has 0 aliphatic carbocycles. The lowest BCUT2D eigenvalue weighted by Gasteiger charge is -2.24. The molecule has 0 aromatic rings. The Morgan fingerprint density at radius 1 is 0.453 bits per heavy atom. The smallest absolute Gasteiger partial charge is 0.306 e. The van der Waals surface area contributed by atoms with E-state index in [0.29, 0.717) is 19.3 Å². The number of aliphatic hydroxyl groups excluding tert-OH is 2. The number of ether oxygens (including phenoxy) is 1. The third-order valence-electron chi connectivity index (χ3n) is 12.4. The van der Waals surface area contributed by atoms with Gasteiger partial charge >= 0.3 is 5.97 Å². The summed E-state index contributed by atoms with van der Waals surface area (Å²) in [6.07, 6.45) is 64.1. The van der Waals surface area contributed by atoms with Crippen LogP contribution in [-0.2, 0) is 14.3 Å². The van der Waals surface area contributed by atoms with Crippen LogP contribution in [0.2, 0.25) is 0 Å². The molecule has 0 fully saturated rings. The van der Waals surface area contributed by atoms with E-state index in [1.807, 2.05) is 0 Å². The average molecular weight is 896 g/mol. The lowest BCUT2D eigenvalue weighted by Crippen LogP contribution is -2.46. The van der Waals surface area contributed by atoms with E-state index < -0.39 is 18.2 Å². The Labute approximate surface area is 397 Å². The zero-order chi connectivity index (χ0) is 46.7. The molecule has 6 heteroatoms. The summed E-state index contributed by atoms with van der Waals surface area (Å²) in [7, 11) is 0. The van der Waals surface area contributed by atoms with Crippen LogP contribution < -0.4 is 5.32 Å². The van der Waals surface area contributed by atoms with Crippen molar-refractivity contribution in [2.75, 3.05) is 6.61 Å². The molecule has 0 saturated carbocycles. The second-order valence-electron chi connectivity index (χ2n) is 18.7. The molecular formula is C58H105NO5. The fraction of sp³-hybridized carbons (Fsp3) is 0.793. The molecule has 0 aromatic carbocycles. The number of amides is 1. The first-order valence-corrected chi connectivity index (χ1v) is 27.6. The molecule has 372 valence electrons. The molecule has 3 atom stereocenters. The van der Waals surface area contributed by atoms with Gasteiger partial charge in [-0.05, 0) is 77.0 Å². The van der Waals surface area contributed by atoms with E-state index >= 15 is 0 Å². The summed E-state index contributed by atoms with van der Waals surface area (Å²) in [6, 6.07) is -0.710. The maximum atomic E-state index is 13.2. The van der Waals surface area contributed by atoms with Crippen molar-refractivity contribution in [2.24, 2.45) is 0 Å². The van der Waals surface area contributed by atoms with E-state index in [4.69, 9.17) is 4.74 Å². The Balaban J connectivity index is 4.64. The Bertz CT molecular complexity index is 1140. The lowest BCUT2D eigenvalue weighted by molar-refractivity contribution is -0.151. The maximum Gasteiger partial charge on any atom is 0.306 e. The van der Waals surface area contributed by atoms with E-state index in [1.54, 1.807) is 0 Å². The Morgan fingerprint density at radius 3 is 1.28 bits per heavy atom. The predicted molar refractivity (Wildman–Crippen MR) is 278 cm³/mol. The van der Waals surface area contributed by atoms with Gasteiger partial charge in [-0.25, -0.2) is 0 Å². The molecule has 3 N–H and O–H groups in total. The molecule has 0 bridgehead atoms. The van der Waals surface area contributed by atoms with E-state index in [-0.39, 0.29) is 24.9 Å². The van der Waals surface area contributed by atoms with E-state index in [2.05, 4.69) is 86.8 Å². The van der Waals surface area contributed by atoms with Gasteiger partial charge in [0.05, 0.1) is 25.2 Å². The number of aliphatic hydroxyl groups is 2. The highest BCUT2D eigenvalue weighted by atomic mass is 16.5.